The minimum Gasteiger partial charge on any atom is -0.350 e. The molecule has 0 bridgehead atoms. The van der Waals surface area contributed by atoms with Crippen LogP contribution in [0, 0.1) is 6.92 Å². The molecular weight excluding hydrogens is 408 g/mol. The molecule has 0 atom stereocenters. The Kier molecular flexibility index (Phi) is 6.95. The van der Waals surface area contributed by atoms with E-state index in [9.17, 15) is 14.4 Å². The van der Waals surface area contributed by atoms with Crippen molar-refractivity contribution in [3.63, 3.8) is 0 Å². The molecule has 29 heavy (non-hydrogen) atoms. The number of hydrogen-bond acceptors (Lipinski definition) is 5. The smallest absolute Gasteiger partial charge is 0.295 e. The van der Waals surface area contributed by atoms with Crippen molar-refractivity contribution in [2.24, 2.45) is 7.05 Å². The van der Waals surface area contributed by atoms with E-state index in [1.54, 1.807) is 30.0 Å². The fraction of sp³-hybridized carbons (Fsp3) is 0.250. The molecule has 2 heterocycles. The molecule has 2 aromatic heterocycles. The van der Waals surface area contributed by atoms with Gasteiger partial charge in [0.1, 0.15) is 5.69 Å². The minimum atomic E-state index is -0.313. The molecule has 0 aliphatic rings. The summed E-state index contributed by atoms with van der Waals surface area (Å²) in [5, 5.41) is 7.47. The highest BCUT2D eigenvalue weighted by Crippen LogP contribution is 2.14. The van der Waals surface area contributed by atoms with E-state index in [4.69, 9.17) is 0 Å². The molecule has 3 aromatic rings. The zero-order valence-corrected chi connectivity index (χ0v) is 17.8. The Balaban J connectivity index is 1.54. The molecule has 1 aromatic carbocycles. The molecule has 2 N–H and O–H groups in total. The summed E-state index contributed by atoms with van der Waals surface area (Å²) in [6.07, 6.45) is 0. The fourth-order valence-electron chi connectivity index (χ4n) is 2.77. The van der Waals surface area contributed by atoms with Gasteiger partial charge in [0.15, 0.2) is 0 Å². The van der Waals surface area contributed by atoms with Gasteiger partial charge in [-0.15, -0.1) is 23.1 Å². The van der Waals surface area contributed by atoms with Crippen LogP contribution in [0.1, 0.15) is 10.6 Å². The van der Waals surface area contributed by atoms with Crippen molar-refractivity contribution in [3.05, 3.63) is 68.8 Å². The summed E-state index contributed by atoms with van der Waals surface area (Å²) < 4.78 is 3.22. The average Bonchev–Trinajstić information content (AvgIpc) is 3.30. The second kappa shape index (κ2) is 9.62. The van der Waals surface area contributed by atoms with Crippen molar-refractivity contribution in [1.82, 2.24) is 14.7 Å². The number of anilines is 1. The third kappa shape index (κ3) is 5.18. The van der Waals surface area contributed by atoms with Gasteiger partial charge in [-0.1, -0.05) is 24.3 Å². The second-order valence-electron chi connectivity index (χ2n) is 6.33. The summed E-state index contributed by atoms with van der Waals surface area (Å²) >= 11 is 2.79. The van der Waals surface area contributed by atoms with Crippen molar-refractivity contribution >= 4 is 40.6 Å². The summed E-state index contributed by atoms with van der Waals surface area (Å²) in [7, 11) is 1.77. The number of carbonyl (C=O) groups is 2. The molecule has 0 aliphatic heterocycles. The van der Waals surface area contributed by atoms with Crippen LogP contribution in [0.4, 0.5) is 5.69 Å². The van der Waals surface area contributed by atoms with Crippen LogP contribution in [0.3, 0.4) is 0 Å². The van der Waals surface area contributed by atoms with Crippen LogP contribution in [0.25, 0.3) is 5.69 Å². The number of para-hydroxylation sites is 1. The first-order valence-electron chi connectivity index (χ1n) is 8.98. The topological polar surface area (TPSA) is 85.1 Å². The highest BCUT2D eigenvalue weighted by molar-refractivity contribution is 8.00. The third-order valence-electron chi connectivity index (χ3n) is 4.32. The monoisotopic (exact) mass is 430 g/mol. The van der Waals surface area contributed by atoms with Crippen LogP contribution < -0.4 is 16.2 Å². The van der Waals surface area contributed by atoms with Crippen LogP contribution in [0.5, 0.6) is 0 Å². The number of carbonyl (C=O) groups excluding carboxylic acids is 2. The van der Waals surface area contributed by atoms with Crippen molar-refractivity contribution in [3.8, 4) is 5.69 Å². The molecule has 152 valence electrons. The summed E-state index contributed by atoms with van der Waals surface area (Å²) in [4.78, 5) is 38.0. The molecule has 0 unspecified atom stereocenters. The number of nitrogens with zero attached hydrogens (tertiary/aromatic N) is 2. The van der Waals surface area contributed by atoms with Crippen LogP contribution in [-0.4, -0.2) is 32.7 Å². The second-order valence-corrected chi connectivity index (χ2v) is 8.35. The van der Waals surface area contributed by atoms with Crippen molar-refractivity contribution in [2.75, 3.05) is 16.8 Å². The lowest BCUT2D eigenvalue weighted by atomic mass is 10.3. The lowest BCUT2D eigenvalue weighted by Crippen LogP contribution is -2.26. The quantitative estimate of drug-likeness (QED) is 0.575. The van der Waals surface area contributed by atoms with Crippen LogP contribution in [0.2, 0.25) is 0 Å². The van der Waals surface area contributed by atoms with Gasteiger partial charge >= 0.3 is 0 Å². The van der Waals surface area contributed by atoms with E-state index in [-0.39, 0.29) is 34.6 Å². The molecule has 0 radical (unpaired) electrons. The van der Waals surface area contributed by atoms with E-state index in [2.05, 4.69) is 10.6 Å². The Morgan fingerprint density at radius 3 is 2.48 bits per heavy atom. The van der Waals surface area contributed by atoms with Gasteiger partial charge in [0.05, 0.1) is 29.4 Å². The molecule has 2 amide bonds. The van der Waals surface area contributed by atoms with Gasteiger partial charge in [0.25, 0.3) is 5.56 Å². The molecule has 9 heteroatoms. The third-order valence-corrected chi connectivity index (χ3v) is 6.13. The van der Waals surface area contributed by atoms with Crippen molar-refractivity contribution < 1.29 is 9.59 Å². The number of benzene rings is 1. The number of nitrogens with one attached hydrogen (secondary N) is 2. The normalized spacial score (nSPS) is 10.7. The van der Waals surface area contributed by atoms with Gasteiger partial charge in [-0.2, -0.15) is 0 Å². The number of aromatic nitrogens is 2. The first kappa shape index (κ1) is 20.9. The molecule has 0 saturated carbocycles. The Morgan fingerprint density at radius 2 is 1.79 bits per heavy atom. The molecule has 0 spiro atoms. The summed E-state index contributed by atoms with van der Waals surface area (Å²) in [5.74, 6) is -0.169. The van der Waals surface area contributed by atoms with Gasteiger partial charge in [-0.3, -0.25) is 19.1 Å². The summed E-state index contributed by atoms with van der Waals surface area (Å²) in [5.41, 5.74) is 1.35. The zero-order chi connectivity index (χ0) is 20.8. The molecule has 0 aliphatic carbocycles. The SMILES string of the molecule is Cc1c(NC(=O)CSCC(=O)NCc2cccs2)c(=O)n(-c2ccccc2)n1C. The molecular formula is C20H22N4O3S2. The number of amides is 2. The maximum Gasteiger partial charge on any atom is 0.295 e. The predicted molar refractivity (Wildman–Crippen MR) is 118 cm³/mol. The van der Waals surface area contributed by atoms with Gasteiger partial charge in [-0.05, 0) is 30.5 Å². The maximum atomic E-state index is 12.8. The van der Waals surface area contributed by atoms with E-state index in [1.807, 2.05) is 47.8 Å². The highest BCUT2D eigenvalue weighted by atomic mass is 32.2. The first-order valence-corrected chi connectivity index (χ1v) is 11.0. The Labute approximate surface area is 176 Å². The summed E-state index contributed by atoms with van der Waals surface area (Å²) in [6, 6.07) is 13.1. The Hall–Kier alpha value is -2.78. The number of thiophene rings is 1. The number of thioether (sulfide) groups is 1. The average molecular weight is 431 g/mol. The van der Waals surface area contributed by atoms with E-state index in [1.165, 1.54) is 16.4 Å². The van der Waals surface area contributed by atoms with Crippen LogP contribution >= 0.6 is 23.1 Å². The number of hydrogen-bond donors (Lipinski definition) is 2. The Bertz CT molecular complexity index is 1040. The largest absolute Gasteiger partial charge is 0.350 e. The van der Waals surface area contributed by atoms with Crippen LogP contribution in [-0.2, 0) is 23.2 Å². The van der Waals surface area contributed by atoms with Crippen molar-refractivity contribution in [2.45, 2.75) is 13.5 Å². The highest BCUT2D eigenvalue weighted by Gasteiger charge is 2.18. The fourth-order valence-corrected chi connectivity index (χ4v) is 4.07. The van der Waals surface area contributed by atoms with Crippen molar-refractivity contribution in [1.29, 1.82) is 0 Å². The first-order chi connectivity index (χ1) is 14.0. The summed E-state index contributed by atoms with van der Waals surface area (Å²) in [6.45, 7) is 2.27. The van der Waals surface area contributed by atoms with E-state index in [0.717, 1.165) is 10.6 Å². The predicted octanol–water partition coefficient (Wildman–Crippen LogP) is 2.53. The number of rotatable bonds is 8. The van der Waals surface area contributed by atoms with Gasteiger partial charge in [0.2, 0.25) is 11.8 Å². The van der Waals surface area contributed by atoms with Gasteiger partial charge in [-0.25, -0.2) is 4.68 Å². The molecule has 0 fully saturated rings. The molecule has 7 nitrogen and oxygen atoms in total. The maximum absolute atomic E-state index is 12.8. The van der Waals surface area contributed by atoms with E-state index in [0.29, 0.717) is 12.2 Å². The zero-order valence-electron chi connectivity index (χ0n) is 16.2. The lowest BCUT2D eigenvalue weighted by molar-refractivity contribution is -0.118. The van der Waals surface area contributed by atoms with Gasteiger partial charge < -0.3 is 10.6 Å². The lowest BCUT2D eigenvalue weighted by Gasteiger charge is -2.07. The molecule has 0 saturated heterocycles. The standard InChI is InChI=1S/C20H22N4O3S2/c1-14-19(20(27)24(23(14)2)15-7-4-3-5-8-15)22-18(26)13-28-12-17(25)21-11-16-9-6-10-29-16/h3-10H,11-13H2,1-2H3,(H,21,25)(H,22,26). The van der Waals surface area contributed by atoms with Crippen LogP contribution in [0.15, 0.2) is 52.6 Å². The molecule has 3 rings (SSSR count). The minimum absolute atomic E-state index is 0.0888. The van der Waals surface area contributed by atoms with E-state index < -0.39 is 0 Å². The van der Waals surface area contributed by atoms with Gasteiger partial charge in [0, 0.05) is 11.9 Å². The van der Waals surface area contributed by atoms with E-state index >= 15 is 0 Å². The Morgan fingerprint density at radius 1 is 1.07 bits per heavy atom.